The highest BCUT2D eigenvalue weighted by Gasteiger charge is 2.39. The maximum atomic E-state index is 12.0. The van der Waals surface area contributed by atoms with Crippen LogP contribution in [0.2, 0.25) is 0 Å². The van der Waals surface area contributed by atoms with Crippen molar-refractivity contribution in [1.82, 2.24) is 15.2 Å². The highest BCUT2D eigenvalue weighted by molar-refractivity contribution is 6.05. The van der Waals surface area contributed by atoms with Gasteiger partial charge in [-0.05, 0) is 12.1 Å². The number of H-pyrrole nitrogens is 1. The average molecular weight is 298 g/mol. The standard InChI is InChI=1S/C12H9F3N4O2/c13-12(14,15)9(20)6-11(21)17-10-5-8(18-19-10)7-1-3-16-4-2-7/h1-5H,6H2,(H2,17,18,19,21). The van der Waals surface area contributed by atoms with E-state index in [2.05, 4.69) is 20.5 Å². The molecule has 2 heterocycles. The van der Waals surface area contributed by atoms with E-state index in [0.717, 1.165) is 5.56 Å². The number of ketones is 1. The van der Waals surface area contributed by atoms with Crippen molar-refractivity contribution in [1.29, 1.82) is 0 Å². The minimum atomic E-state index is -5.02. The van der Waals surface area contributed by atoms with E-state index in [4.69, 9.17) is 0 Å². The van der Waals surface area contributed by atoms with E-state index in [-0.39, 0.29) is 5.82 Å². The summed E-state index contributed by atoms with van der Waals surface area (Å²) in [6.07, 6.45) is -3.20. The van der Waals surface area contributed by atoms with Crippen molar-refractivity contribution >= 4 is 17.5 Å². The molecule has 0 saturated carbocycles. The molecular weight excluding hydrogens is 289 g/mol. The largest absolute Gasteiger partial charge is 0.450 e. The Morgan fingerprint density at radius 3 is 2.52 bits per heavy atom. The Balaban J connectivity index is 2.00. The van der Waals surface area contributed by atoms with Gasteiger partial charge < -0.3 is 5.32 Å². The zero-order valence-electron chi connectivity index (χ0n) is 10.4. The van der Waals surface area contributed by atoms with E-state index in [1.165, 1.54) is 6.07 Å². The third-order valence-corrected chi connectivity index (χ3v) is 2.47. The molecule has 2 aromatic rings. The lowest BCUT2D eigenvalue weighted by atomic mass is 10.2. The van der Waals surface area contributed by atoms with E-state index in [1.807, 2.05) is 0 Å². The number of nitrogens with one attached hydrogen (secondary N) is 2. The molecule has 2 aromatic heterocycles. The number of aromatic amines is 1. The third-order valence-electron chi connectivity index (χ3n) is 2.47. The normalized spacial score (nSPS) is 11.2. The first kappa shape index (κ1) is 14.7. The zero-order valence-corrected chi connectivity index (χ0v) is 10.4. The van der Waals surface area contributed by atoms with Gasteiger partial charge in [-0.2, -0.15) is 18.3 Å². The molecule has 9 heteroatoms. The molecule has 0 aliphatic carbocycles. The number of aromatic nitrogens is 3. The Morgan fingerprint density at radius 2 is 1.90 bits per heavy atom. The molecule has 0 spiro atoms. The summed E-state index contributed by atoms with van der Waals surface area (Å²) < 4.78 is 36.0. The van der Waals surface area contributed by atoms with Crippen molar-refractivity contribution < 1.29 is 22.8 Å². The van der Waals surface area contributed by atoms with Crippen LogP contribution in [0, 0.1) is 0 Å². The summed E-state index contributed by atoms with van der Waals surface area (Å²) in [5.41, 5.74) is 1.29. The van der Waals surface area contributed by atoms with Crippen LogP contribution in [0.4, 0.5) is 19.0 Å². The topological polar surface area (TPSA) is 87.7 Å². The SMILES string of the molecule is O=C(CC(=O)C(F)(F)F)Nc1cc(-c2ccncc2)[nH]n1. The van der Waals surface area contributed by atoms with Crippen LogP contribution in [0.1, 0.15) is 6.42 Å². The van der Waals surface area contributed by atoms with E-state index in [9.17, 15) is 22.8 Å². The summed E-state index contributed by atoms with van der Waals surface area (Å²) in [6, 6.07) is 4.81. The van der Waals surface area contributed by atoms with Crippen LogP contribution in [0.25, 0.3) is 11.3 Å². The van der Waals surface area contributed by atoms with Gasteiger partial charge in [0.25, 0.3) is 0 Å². The molecule has 6 nitrogen and oxygen atoms in total. The zero-order chi connectivity index (χ0) is 15.5. The number of pyridine rings is 1. The molecule has 2 rings (SSSR count). The maximum absolute atomic E-state index is 12.0. The summed E-state index contributed by atoms with van der Waals surface area (Å²) in [4.78, 5) is 25.8. The van der Waals surface area contributed by atoms with Crippen LogP contribution < -0.4 is 5.32 Å². The van der Waals surface area contributed by atoms with E-state index < -0.39 is 24.3 Å². The summed E-state index contributed by atoms with van der Waals surface area (Å²) in [7, 11) is 0. The molecule has 21 heavy (non-hydrogen) atoms. The second kappa shape index (κ2) is 5.73. The van der Waals surface area contributed by atoms with Crippen molar-refractivity contribution in [2.45, 2.75) is 12.6 Å². The number of hydrogen-bond donors (Lipinski definition) is 2. The van der Waals surface area contributed by atoms with Gasteiger partial charge in [0.05, 0.1) is 12.1 Å². The lowest BCUT2D eigenvalue weighted by molar-refractivity contribution is -0.171. The fraction of sp³-hybridized carbons (Fsp3) is 0.167. The molecule has 1 amide bonds. The molecule has 110 valence electrons. The molecule has 0 radical (unpaired) electrons. The van der Waals surface area contributed by atoms with Gasteiger partial charge in [0.1, 0.15) is 0 Å². The van der Waals surface area contributed by atoms with Gasteiger partial charge >= 0.3 is 6.18 Å². The lowest BCUT2D eigenvalue weighted by Crippen LogP contribution is -2.27. The van der Waals surface area contributed by atoms with E-state index >= 15 is 0 Å². The Bertz CT molecular complexity index is 652. The first-order chi connectivity index (χ1) is 9.86. The summed E-state index contributed by atoms with van der Waals surface area (Å²) in [5.74, 6) is -3.16. The molecule has 0 unspecified atom stereocenters. The predicted octanol–water partition coefficient (Wildman–Crippen LogP) is 1.93. The number of nitrogens with zero attached hydrogens (tertiary/aromatic N) is 2. The van der Waals surface area contributed by atoms with Crippen molar-refractivity contribution in [2.75, 3.05) is 5.32 Å². The fourth-order valence-corrected chi connectivity index (χ4v) is 1.50. The minimum Gasteiger partial charge on any atom is -0.309 e. The number of rotatable bonds is 4. The molecule has 0 saturated heterocycles. The van der Waals surface area contributed by atoms with Gasteiger partial charge in [0.2, 0.25) is 11.7 Å². The smallest absolute Gasteiger partial charge is 0.309 e. The number of hydrogen-bond acceptors (Lipinski definition) is 4. The molecular formula is C12H9F3N4O2. The van der Waals surface area contributed by atoms with E-state index in [1.54, 1.807) is 24.5 Å². The van der Waals surface area contributed by atoms with Crippen molar-refractivity contribution in [3.63, 3.8) is 0 Å². The first-order valence-corrected chi connectivity index (χ1v) is 5.72. The van der Waals surface area contributed by atoms with Crippen LogP contribution in [-0.2, 0) is 9.59 Å². The average Bonchev–Trinajstić information content (AvgIpc) is 2.87. The highest BCUT2D eigenvalue weighted by Crippen LogP contribution is 2.20. The number of alkyl halides is 3. The van der Waals surface area contributed by atoms with Gasteiger partial charge in [0.15, 0.2) is 5.82 Å². The minimum absolute atomic E-state index is 0.0294. The molecule has 0 atom stereocenters. The molecule has 0 aromatic carbocycles. The second-order valence-electron chi connectivity index (χ2n) is 4.05. The molecule has 2 N–H and O–H groups in total. The van der Waals surface area contributed by atoms with Gasteiger partial charge in [-0.1, -0.05) is 0 Å². The van der Waals surface area contributed by atoms with Crippen molar-refractivity contribution in [3.8, 4) is 11.3 Å². The monoisotopic (exact) mass is 298 g/mol. The van der Waals surface area contributed by atoms with Gasteiger partial charge in [-0.15, -0.1) is 0 Å². The summed E-state index contributed by atoms with van der Waals surface area (Å²) >= 11 is 0. The number of Topliss-reactive ketones (excluding diaryl/α,β-unsaturated/α-hetero) is 1. The van der Waals surface area contributed by atoms with Crippen LogP contribution in [-0.4, -0.2) is 33.0 Å². The number of anilines is 1. The van der Waals surface area contributed by atoms with Gasteiger partial charge in [0, 0.05) is 24.0 Å². The van der Waals surface area contributed by atoms with Crippen LogP contribution in [0.15, 0.2) is 30.6 Å². The van der Waals surface area contributed by atoms with E-state index in [0.29, 0.717) is 5.69 Å². The predicted molar refractivity (Wildman–Crippen MR) is 66.1 cm³/mol. The van der Waals surface area contributed by atoms with Crippen LogP contribution in [0.3, 0.4) is 0 Å². The number of carbonyl (C=O) groups excluding carboxylic acids is 2. The maximum Gasteiger partial charge on any atom is 0.450 e. The molecule has 0 aliphatic rings. The number of carbonyl (C=O) groups is 2. The molecule has 0 fully saturated rings. The summed E-state index contributed by atoms with van der Waals surface area (Å²) in [5, 5.41) is 8.46. The fourth-order valence-electron chi connectivity index (χ4n) is 1.50. The van der Waals surface area contributed by atoms with Crippen LogP contribution in [0.5, 0.6) is 0 Å². The number of halogens is 3. The van der Waals surface area contributed by atoms with Gasteiger partial charge in [-0.3, -0.25) is 19.7 Å². The molecule has 0 aliphatic heterocycles. The van der Waals surface area contributed by atoms with Crippen molar-refractivity contribution in [3.05, 3.63) is 30.6 Å². The lowest BCUT2D eigenvalue weighted by Gasteiger charge is -2.04. The Hall–Kier alpha value is -2.71. The highest BCUT2D eigenvalue weighted by atomic mass is 19.4. The third kappa shape index (κ3) is 3.88. The molecule has 0 bridgehead atoms. The van der Waals surface area contributed by atoms with Crippen LogP contribution >= 0.6 is 0 Å². The Morgan fingerprint density at radius 1 is 1.24 bits per heavy atom. The van der Waals surface area contributed by atoms with Gasteiger partial charge in [-0.25, -0.2) is 0 Å². The Labute approximate surface area is 116 Å². The second-order valence-corrected chi connectivity index (χ2v) is 4.05. The van der Waals surface area contributed by atoms with Crippen molar-refractivity contribution in [2.24, 2.45) is 0 Å². The first-order valence-electron chi connectivity index (χ1n) is 5.72. The summed E-state index contributed by atoms with van der Waals surface area (Å²) in [6.45, 7) is 0. The Kier molecular flexibility index (Phi) is 4.01. The quantitative estimate of drug-likeness (QED) is 0.844. The number of amides is 1.